The van der Waals surface area contributed by atoms with E-state index >= 15 is 0 Å². The molecule has 1 aliphatic rings. The number of hydrogen-bond donors (Lipinski definition) is 1. The Morgan fingerprint density at radius 1 is 0.488 bits per heavy atom. The number of hydrogen-bond acceptors (Lipinski definition) is 6. The average molecular weight is 576 g/mol. The Labute approximate surface area is 253 Å². The molecule has 43 heavy (non-hydrogen) atoms. The Bertz CT molecular complexity index is 1530. The van der Waals surface area contributed by atoms with Gasteiger partial charge in [0.1, 0.15) is 18.3 Å². The SMILES string of the molecule is c1ccc(COCC2ONC(OCc3ccccc3)C(OCc3ccc4ccccc4c3)[C@@H]2OCc2ccccc2)cc1. The molecule has 3 unspecified atom stereocenters. The molecule has 0 aromatic heterocycles. The van der Waals surface area contributed by atoms with Gasteiger partial charge in [-0.15, -0.1) is 0 Å². The number of hydroxylamine groups is 1. The van der Waals surface area contributed by atoms with Gasteiger partial charge in [-0.3, -0.25) is 4.84 Å². The first-order valence-corrected chi connectivity index (χ1v) is 14.7. The lowest BCUT2D eigenvalue weighted by Gasteiger charge is -2.42. The van der Waals surface area contributed by atoms with Crippen LogP contribution in [-0.2, 0) is 50.2 Å². The average Bonchev–Trinajstić information content (AvgIpc) is 3.07. The van der Waals surface area contributed by atoms with E-state index in [1.54, 1.807) is 0 Å². The van der Waals surface area contributed by atoms with Crippen LogP contribution in [0, 0.1) is 0 Å². The highest BCUT2D eigenvalue weighted by atomic mass is 16.7. The number of ether oxygens (including phenoxy) is 4. The van der Waals surface area contributed by atoms with E-state index in [0.29, 0.717) is 33.0 Å². The summed E-state index contributed by atoms with van der Waals surface area (Å²) in [6.07, 6.45) is -1.92. The smallest absolute Gasteiger partial charge is 0.159 e. The second-order valence-corrected chi connectivity index (χ2v) is 10.7. The van der Waals surface area contributed by atoms with Gasteiger partial charge in [-0.1, -0.05) is 127 Å². The summed E-state index contributed by atoms with van der Waals surface area (Å²) in [4.78, 5) is 6.15. The lowest BCUT2D eigenvalue weighted by atomic mass is 10.0. The number of nitrogens with one attached hydrogen (secondary N) is 1. The van der Waals surface area contributed by atoms with E-state index in [1.165, 1.54) is 10.8 Å². The lowest BCUT2D eigenvalue weighted by molar-refractivity contribution is -0.284. The van der Waals surface area contributed by atoms with E-state index in [0.717, 1.165) is 22.3 Å². The molecule has 0 amide bonds. The highest BCUT2D eigenvalue weighted by molar-refractivity contribution is 5.82. The van der Waals surface area contributed by atoms with Crippen LogP contribution >= 0.6 is 0 Å². The van der Waals surface area contributed by atoms with Gasteiger partial charge in [-0.25, -0.2) is 0 Å². The molecule has 1 N–H and O–H groups in total. The molecule has 1 fully saturated rings. The van der Waals surface area contributed by atoms with Crippen LogP contribution < -0.4 is 5.48 Å². The fourth-order valence-corrected chi connectivity index (χ4v) is 5.23. The van der Waals surface area contributed by atoms with Gasteiger partial charge in [-0.2, -0.15) is 5.48 Å². The normalized spacial score (nSPS) is 20.3. The van der Waals surface area contributed by atoms with Crippen LogP contribution in [0.25, 0.3) is 10.8 Å². The van der Waals surface area contributed by atoms with E-state index in [-0.39, 0.29) is 0 Å². The molecule has 0 saturated carbocycles. The van der Waals surface area contributed by atoms with Crippen molar-refractivity contribution in [1.29, 1.82) is 0 Å². The van der Waals surface area contributed by atoms with Gasteiger partial charge in [0.2, 0.25) is 0 Å². The van der Waals surface area contributed by atoms with Gasteiger partial charge in [0.05, 0.1) is 33.0 Å². The first kappa shape index (κ1) is 29.2. The van der Waals surface area contributed by atoms with Gasteiger partial charge in [0.15, 0.2) is 6.23 Å². The Kier molecular flexibility index (Phi) is 10.2. The zero-order valence-electron chi connectivity index (χ0n) is 24.1. The molecule has 5 aromatic carbocycles. The summed E-state index contributed by atoms with van der Waals surface area (Å²) in [7, 11) is 0. The minimum absolute atomic E-state index is 0.322. The molecular formula is C37H37NO5. The van der Waals surface area contributed by atoms with Crippen LogP contribution in [0.3, 0.4) is 0 Å². The maximum absolute atomic E-state index is 6.67. The third kappa shape index (κ3) is 8.15. The summed E-state index contributed by atoms with van der Waals surface area (Å²) in [6.45, 7) is 2.00. The van der Waals surface area contributed by atoms with Crippen molar-refractivity contribution >= 4 is 10.8 Å². The molecule has 5 aromatic rings. The number of rotatable bonds is 13. The van der Waals surface area contributed by atoms with Crippen LogP contribution in [-0.4, -0.2) is 31.1 Å². The minimum atomic E-state index is -0.563. The molecule has 1 aliphatic heterocycles. The zero-order chi connectivity index (χ0) is 29.1. The largest absolute Gasteiger partial charge is 0.374 e. The Morgan fingerprint density at radius 3 is 1.70 bits per heavy atom. The number of benzene rings is 5. The van der Waals surface area contributed by atoms with Crippen LogP contribution in [0.2, 0.25) is 0 Å². The fourth-order valence-electron chi connectivity index (χ4n) is 5.23. The lowest BCUT2D eigenvalue weighted by Crippen LogP contribution is -2.62. The van der Waals surface area contributed by atoms with E-state index < -0.39 is 24.5 Å². The monoisotopic (exact) mass is 575 g/mol. The summed E-state index contributed by atoms with van der Waals surface area (Å²) in [5.74, 6) is 0. The van der Waals surface area contributed by atoms with Crippen molar-refractivity contribution in [2.45, 2.75) is 51.0 Å². The van der Waals surface area contributed by atoms with E-state index in [9.17, 15) is 0 Å². The number of fused-ring (bicyclic) bond motifs is 1. The molecule has 6 heteroatoms. The molecule has 4 atom stereocenters. The Balaban J connectivity index is 1.22. The Hall–Kier alpha value is -3.88. The predicted octanol–water partition coefficient (Wildman–Crippen LogP) is 6.97. The van der Waals surface area contributed by atoms with Crippen molar-refractivity contribution in [3.63, 3.8) is 0 Å². The summed E-state index contributed by atoms with van der Waals surface area (Å²) in [5, 5.41) is 2.37. The Morgan fingerprint density at radius 2 is 1.02 bits per heavy atom. The molecule has 0 radical (unpaired) electrons. The second-order valence-electron chi connectivity index (χ2n) is 10.7. The maximum atomic E-state index is 6.67. The van der Waals surface area contributed by atoms with E-state index in [2.05, 4.69) is 60.1 Å². The van der Waals surface area contributed by atoms with Crippen molar-refractivity contribution in [2.24, 2.45) is 0 Å². The summed E-state index contributed by atoms with van der Waals surface area (Å²) >= 11 is 0. The summed E-state index contributed by atoms with van der Waals surface area (Å²) in [5.41, 5.74) is 7.43. The van der Waals surface area contributed by atoms with E-state index in [4.69, 9.17) is 23.8 Å². The molecular weight excluding hydrogens is 538 g/mol. The molecule has 0 aliphatic carbocycles. The molecule has 6 rings (SSSR count). The van der Waals surface area contributed by atoms with Crippen molar-refractivity contribution < 1.29 is 23.8 Å². The third-order valence-electron chi connectivity index (χ3n) is 7.53. The van der Waals surface area contributed by atoms with Crippen molar-refractivity contribution in [2.75, 3.05) is 6.61 Å². The third-order valence-corrected chi connectivity index (χ3v) is 7.53. The first-order valence-electron chi connectivity index (χ1n) is 14.7. The van der Waals surface area contributed by atoms with Crippen LogP contribution in [0.15, 0.2) is 133 Å². The second kappa shape index (κ2) is 15.0. The quantitative estimate of drug-likeness (QED) is 0.164. The topological polar surface area (TPSA) is 58.2 Å². The molecule has 1 saturated heterocycles. The van der Waals surface area contributed by atoms with Crippen molar-refractivity contribution in [3.8, 4) is 0 Å². The van der Waals surface area contributed by atoms with Crippen LogP contribution in [0.4, 0.5) is 0 Å². The predicted molar refractivity (Wildman–Crippen MR) is 167 cm³/mol. The summed E-state index contributed by atoms with van der Waals surface area (Å²) in [6, 6.07) is 45.1. The fraction of sp³-hybridized carbons (Fsp3) is 0.243. The molecule has 1 heterocycles. The van der Waals surface area contributed by atoms with E-state index in [1.807, 2.05) is 78.9 Å². The summed E-state index contributed by atoms with van der Waals surface area (Å²) < 4.78 is 25.7. The zero-order valence-corrected chi connectivity index (χ0v) is 24.1. The first-order chi connectivity index (χ1) is 21.3. The van der Waals surface area contributed by atoms with Crippen molar-refractivity contribution in [1.82, 2.24) is 5.48 Å². The minimum Gasteiger partial charge on any atom is -0.374 e. The molecule has 0 bridgehead atoms. The maximum Gasteiger partial charge on any atom is 0.159 e. The highest BCUT2D eigenvalue weighted by Crippen LogP contribution is 2.26. The van der Waals surface area contributed by atoms with Gasteiger partial charge in [0.25, 0.3) is 0 Å². The molecule has 220 valence electrons. The van der Waals surface area contributed by atoms with Gasteiger partial charge < -0.3 is 18.9 Å². The molecule has 6 nitrogen and oxygen atoms in total. The van der Waals surface area contributed by atoms with Gasteiger partial charge in [-0.05, 0) is 39.1 Å². The van der Waals surface area contributed by atoms with Gasteiger partial charge in [0, 0.05) is 0 Å². The van der Waals surface area contributed by atoms with Gasteiger partial charge >= 0.3 is 0 Å². The van der Waals surface area contributed by atoms with Crippen LogP contribution in [0.1, 0.15) is 22.3 Å². The highest BCUT2D eigenvalue weighted by Gasteiger charge is 2.43. The van der Waals surface area contributed by atoms with Crippen molar-refractivity contribution in [3.05, 3.63) is 156 Å². The standard InChI is InChI=1S/C37H37NO5/c1-4-12-28(13-5-1)23-39-27-34-35(40-24-29-14-6-2-7-15-29)36(37(38-43-34)42-25-30-16-8-3-9-17-30)41-26-31-20-21-32-18-10-11-19-33(32)22-31/h1-22,34-38H,23-27H2/t34?,35-,36?,37?/m1/s1. The van der Waals surface area contributed by atoms with Crippen LogP contribution in [0.5, 0.6) is 0 Å². The molecule has 0 spiro atoms.